The minimum Gasteiger partial charge on any atom is -0.382 e. The zero-order chi connectivity index (χ0) is 23.1. The van der Waals surface area contributed by atoms with Crippen molar-refractivity contribution in [2.75, 3.05) is 16.4 Å². The molecule has 164 valence electrons. The van der Waals surface area contributed by atoms with Crippen molar-refractivity contribution in [3.8, 4) is 11.3 Å². The maximum Gasteiger partial charge on any atom is 0.278 e. The van der Waals surface area contributed by atoms with Gasteiger partial charge in [-0.3, -0.25) is 19.1 Å². The monoisotopic (exact) mass is 450 g/mol. The van der Waals surface area contributed by atoms with Crippen molar-refractivity contribution in [1.82, 2.24) is 14.7 Å². The molecule has 10 heteroatoms. The number of nitrogens with zero attached hydrogens (tertiary/aromatic N) is 2. The topological polar surface area (TPSA) is 139 Å². The fourth-order valence-corrected chi connectivity index (χ4v) is 3.14. The van der Waals surface area contributed by atoms with E-state index in [-0.39, 0.29) is 23.3 Å². The number of amides is 3. The zero-order valence-corrected chi connectivity index (χ0v) is 18.3. The van der Waals surface area contributed by atoms with Crippen molar-refractivity contribution in [2.45, 2.75) is 25.2 Å². The Morgan fingerprint density at radius 3 is 2.22 bits per heavy atom. The predicted octanol–water partition coefficient (Wildman–Crippen LogP) is 3.47. The van der Waals surface area contributed by atoms with Gasteiger partial charge in [0, 0.05) is 35.2 Å². The third-order valence-electron chi connectivity index (χ3n) is 4.23. The molecule has 0 radical (unpaired) electrons. The summed E-state index contributed by atoms with van der Waals surface area (Å²) in [7, 11) is 0. The Morgan fingerprint density at radius 1 is 0.969 bits per heavy atom. The quantitative estimate of drug-likeness (QED) is 0.404. The minimum absolute atomic E-state index is 0.00237. The van der Waals surface area contributed by atoms with Crippen molar-refractivity contribution < 1.29 is 14.4 Å². The SMILES string of the molecule is CCC(=O)Nc1ccc(-c2cnc(N)c(C(=O)Nc3ccc(SNC(C)=O)cc3)n2)cc1. The number of anilines is 3. The molecule has 0 spiro atoms. The van der Waals surface area contributed by atoms with E-state index in [0.29, 0.717) is 23.5 Å². The van der Waals surface area contributed by atoms with Gasteiger partial charge in [0.2, 0.25) is 11.8 Å². The average molecular weight is 451 g/mol. The molecule has 0 aliphatic rings. The highest BCUT2D eigenvalue weighted by molar-refractivity contribution is 7.98. The molecule has 3 amide bonds. The number of nitrogen functional groups attached to an aromatic ring is 1. The molecule has 0 aliphatic heterocycles. The van der Waals surface area contributed by atoms with E-state index in [1.807, 2.05) is 0 Å². The first kappa shape index (κ1) is 22.8. The highest BCUT2D eigenvalue weighted by Crippen LogP contribution is 2.22. The van der Waals surface area contributed by atoms with Gasteiger partial charge in [-0.05, 0) is 48.3 Å². The molecule has 32 heavy (non-hydrogen) atoms. The van der Waals surface area contributed by atoms with Crippen LogP contribution in [0.25, 0.3) is 11.3 Å². The molecule has 2 aromatic carbocycles. The number of aromatic nitrogens is 2. The van der Waals surface area contributed by atoms with Gasteiger partial charge in [0.25, 0.3) is 5.91 Å². The first-order chi connectivity index (χ1) is 15.4. The molecule has 0 aliphatic carbocycles. The number of hydrogen-bond acceptors (Lipinski definition) is 7. The van der Waals surface area contributed by atoms with Gasteiger partial charge >= 0.3 is 0 Å². The fourth-order valence-electron chi connectivity index (χ4n) is 2.61. The van der Waals surface area contributed by atoms with E-state index in [9.17, 15) is 14.4 Å². The fraction of sp³-hybridized carbons (Fsp3) is 0.136. The summed E-state index contributed by atoms with van der Waals surface area (Å²) in [6.45, 7) is 3.21. The summed E-state index contributed by atoms with van der Waals surface area (Å²) < 4.78 is 2.63. The summed E-state index contributed by atoms with van der Waals surface area (Å²) in [5, 5.41) is 5.51. The Kier molecular flexibility index (Phi) is 7.40. The zero-order valence-electron chi connectivity index (χ0n) is 17.5. The number of nitrogens with one attached hydrogen (secondary N) is 3. The molecule has 0 saturated carbocycles. The van der Waals surface area contributed by atoms with E-state index in [1.54, 1.807) is 55.5 Å². The van der Waals surface area contributed by atoms with E-state index < -0.39 is 5.91 Å². The third kappa shape index (κ3) is 6.05. The summed E-state index contributed by atoms with van der Waals surface area (Å²) in [5.41, 5.74) is 8.29. The van der Waals surface area contributed by atoms with Crippen molar-refractivity contribution in [2.24, 2.45) is 0 Å². The van der Waals surface area contributed by atoms with Crippen LogP contribution in [0.15, 0.2) is 59.6 Å². The van der Waals surface area contributed by atoms with Crippen LogP contribution in [0.1, 0.15) is 30.8 Å². The average Bonchev–Trinajstić information content (AvgIpc) is 2.79. The minimum atomic E-state index is -0.494. The number of hydrogen-bond donors (Lipinski definition) is 4. The number of carbonyl (C=O) groups excluding carboxylic acids is 3. The summed E-state index contributed by atoms with van der Waals surface area (Å²) in [4.78, 5) is 44.5. The van der Waals surface area contributed by atoms with Crippen LogP contribution in [0.4, 0.5) is 17.2 Å². The smallest absolute Gasteiger partial charge is 0.278 e. The highest BCUT2D eigenvalue weighted by Gasteiger charge is 2.15. The van der Waals surface area contributed by atoms with Crippen molar-refractivity contribution in [3.63, 3.8) is 0 Å². The van der Waals surface area contributed by atoms with Gasteiger partial charge in [-0.25, -0.2) is 9.97 Å². The molecule has 0 saturated heterocycles. The lowest BCUT2D eigenvalue weighted by Gasteiger charge is -2.10. The number of carbonyl (C=O) groups is 3. The van der Waals surface area contributed by atoms with Crippen LogP contribution in [-0.4, -0.2) is 27.7 Å². The van der Waals surface area contributed by atoms with Crippen LogP contribution < -0.4 is 21.1 Å². The van der Waals surface area contributed by atoms with Crippen molar-refractivity contribution in [3.05, 3.63) is 60.4 Å². The lowest BCUT2D eigenvalue weighted by atomic mass is 10.1. The number of benzene rings is 2. The number of nitrogens with two attached hydrogens (primary N) is 1. The summed E-state index contributed by atoms with van der Waals surface area (Å²) in [5.74, 6) is -0.714. The molecular weight excluding hydrogens is 428 g/mol. The van der Waals surface area contributed by atoms with Gasteiger partial charge in [0.1, 0.15) is 0 Å². The molecule has 3 aromatic rings. The van der Waals surface area contributed by atoms with Gasteiger partial charge in [0.15, 0.2) is 11.5 Å². The molecular formula is C22H22N6O3S. The highest BCUT2D eigenvalue weighted by atomic mass is 32.2. The second-order valence-electron chi connectivity index (χ2n) is 6.71. The third-order valence-corrected chi connectivity index (χ3v) is 5.12. The summed E-state index contributed by atoms with van der Waals surface area (Å²) in [6.07, 6.45) is 1.88. The standard InChI is InChI=1S/C22H22N6O3S/c1-3-19(30)25-15-6-4-14(5-7-15)18-12-24-21(23)20(27-18)22(31)26-16-8-10-17(11-9-16)32-28-13(2)29/h4-12H,3H2,1-2H3,(H2,23,24)(H,25,30)(H,26,31)(H,28,29). The lowest BCUT2D eigenvalue weighted by molar-refractivity contribution is -0.117. The van der Waals surface area contributed by atoms with Crippen LogP contribution in [0.2, 0.25) is 0 Å². The van der Waals surface area contributed by atoms with E-state index in [2.05, 4.69) is 25.3 Å². The van der Waals surface area contributed by atoms with Gasteiger partial charge in [-0.1, -0.05) is 19.1 Å². The second kappa shape index (κ2) is 10.4. The summed E-state index contributed by atoms with van der Waals surface area (Å²) >= 11 is 1.18. The molecule has 1 heterocycles. The normalized spacial score (nSPS) is 10.3. The molecule has 0 atom stereocenters. The van der Waals surface area contributed by atoms with Crippen molar-refractivity contribution >= 4 is 46.9 Å². The lowest BCUT2D eigenvalue weighted by Crippen LogP contribution is -2.17. The summed E-state index contributed by atoms with van der Waals surface area (Å²) in [6, 6.07) is 14.0. The van der Waals surface area contributed by atoms with Crippen LogP contribution in [-0.2, 0) is 9.59 Å². The molecule has 0 fully saturated rings. The van der Waals surface area contributed by atoms with Crippen LogP contribution in [0.3, 0.4) is 0 Å². The first-order valence-electron chi connectivity index (χ1n) is 9.73. The Bertz CT molecular complexity index is 1130. The van der Waals surface area contributed by atoms with Gasteiger partial charge < -0.3 is 16.4 Å². The Hall–Kier alpha value is -3.92. The maximum atomic E-state index is 12.7. The maximum absolute atomic E-state index is 12.7. The van der Waals surface area contributed by atoms with E-state index in [0.717, 1.165) is 10.5 Å². The van der Waals surface area contributed by atoms with E-state index in [4.69, 9.17) is 5.73 Å². The van der Waals surface area contributed by atoms with Gasteiger partial charge in [0.05, 0.1) is 11.9 Å². The largest absolute Gasteiger partial charge is 0.382 e. The number of rotatable bonds is 7. The Morgan fingerprint density at radius 2 is 1.59 bits per heavy atom. The van der Waals surface area contributed by atoms with Crippen molar-refractivity contribution in [1.29, 1.82) is 0 Å². The van der Waals surface area contributed by atoms with E-state index >= 15 is 0 Å². The van der Waals surface area contributed by atoms with Gasteiger partial charge in [-0.15, -0.1) is 0 Å². The van der Waals surface area contributed by atoms with E-state index in [1.165, 1.54) is 25.1 Å². The molecule has 9 nitrogen and oxygen atoms in total. The Balaban J connectivity index is 1.73. The Labute approximate surface area is 189 Å². The first-order valence-corrected chi connectivity index (χ1v) is 10.5. The molecule has 0 unspecified atom stereocenters. The van der Waals surface area contributed by atoms with Gasteiger partial charge in [-0.2, -0.15) is 0 Å². The van der Waals surface area contributed by atoms with Crippen LogP contribution in [0, 0.1) is 0 Å². The molecule has 1 aromatic heterocycles. The predicted molar refractivity (Wildman–Crippen MR) is 125 cm³/mol. The molecule has 3 rings (SSSR count). The second-order valence-corrected chi connectivity index (χ2v) is 7.59. The molecule has 0 bridgehead atoms. The van der Waals surface area contributed by atoms with Crippen LogP contribution in [0.5, 0.6) is 0 Å². The van der Waals surface area contributed by atoms with Crippen LogP contribution >= 0.6 is 11.9 Å². The molecule has 5 N–H and O–H groups in total.